The van der Waals surface area contributed by atoms with Crippen LogP contribution >= 0.6 is 0 Å². The van der Waals surface area contributed by atoms with Gasteiger partial charge in [-0.2, -0.15) is 0 Å². The van der Waals surface area contributed by atoms with Crippen LogP contribution in [-0.2, 0) is 4.79 Å². The van der Waals surface area contributed by atoms with Gasteiger partial charge in [0.2, 0.25) is 0 Å². The third kappa shape index (κ3) is 3.86. The molecule has 0 bridgehead atoms. The molecule has 5 nitrogen and oxygen atoms in total. The van der Waals surface area contributed by atoms with Gasteiger partial charge in [-0.15, -0.1) is 0 Å². The Balaban J connectivity index is 2.39. The minimum Gasteiger partial charge on any atom is -0.497 e. The lowest BCUT2D eigenvalue weighted by Crippen LogP contribution is -2.27. The van der Waals surface area contributed by atoms with Gasteiger partial charge in [0.25, 0.3) is 5.91 Å². The Bertz CT molecular complexity index is 667. The molecule has 0 aliphatic carbocycles. The van der Waals surface area contributed by atoms with Crippen LogP contribution in [0.25, 0.3) is 0 Å². The van der Waals surface area contributed by atoms with Crippen LogP contribution in [0.4, 0.5) is 5.69 Å². The van der Waals surface area contributed by atoms with Crippen LogP contribution in [0, 0.1) is 0 Å². The summed E-state index contributed by atoms with van der Waals surface area (Å²) in [6, 6.07) is 15.1. The minimum absolute atomic E-state index is 0.473. The molecular formula is C19H24N2O3. The van der Waals surface area contributed by atoms with Crippen LogP contribution in [0.5, 0.6) is 5.75 Å². The Morgan fingerprint density at radius 2 is 1.79 bits per heavy atom. The molecule has 2 aromatic carbocycles. The molecule has 0 aliphatic rings. The van der Waals surface area contributed by atoms with E-state index < -0.39 is 11.8 Å². The first-order chi connectivity index (χ1) is 11.6. The minimum atomic E-state index is -0.601. The number of benzene rings is 2. The second kappa shape index (κ2) is 8.36. The quantitative estimate of drug-likeness (QED) is 0.605. The van der Waals surface area contributed by atoms with E-state index in [2.05, 4.69) is 18.7 Å². The summed E-state index contributed by atoms with van der Waals surface area (Å²) >= 11 is 0. The van der Waals surface area contributed by atoms with Crippen LogP contribution in [0.3, 0.4) is 0 Å². The number of hydrogen-bond donors (Lipinski definition) is 2. The zero-order valence-electron chi connectivity index (χ0n) is 14.3. The molecule has 2 N–H and O–H groups in total. The Morgan fingerprint density at radius 3 is 2.33 bits per heavy atom. The first-order valence-electron chi connectivity index (χ1n) is 8.07. The van der Waals surface area contributed by atoms with Gasteiger partial charge in [-0.1, -0.05) is 24.3 Å². The SMILES string of the molecule is CCN(CC)c1ccc(C(C(=O)NO)c2cccc(OC)c2)cc1. The molecule has 5 heteroatoms. The van der Waals surface area contributed by atoms with Crippen LogP contribution < -0.4 is 15.1 Å². The Kier molecular flexibility index (Phi) is 6.21. The Labute approximate surface area is 142 Å². The Hall–Kier alpha value is -2.53. The molecule has 0 aliphatic heterocycles. The van der Waals surface area contributed by atoms with Crippen molar-refractivity contribution in [3.05, 3.63) is 59.7 Å². The summed E-state index contributed by atoms with van der Waals surface area (Å²) in [6.07, 6.45) is 0. The summed E-state index contributed by atoms with van der Waals surface area (Å²) in [5, 5.41) is 9.13. The topological polar surface area (TPSA) is 61.8 Å². The molecule has 1 unspecified atom stereocenters. The summed E-state index contributed by atoms with van der Waals surface area (Å²) in [4.78, 5) is 14.5. The molecule has 0 saturated carbocycles. The lowest BCUT2D eigenvalue weighted by Gasteiger charge is -2.22. The number of nitrogens with zero attached hydrogens (tertiary/aromatic N) is 1. The molecule has 0 fully saturated rings. The molecule has 0 saturated heterocycles. The van der Waals surface area contributed by atoms with Gasteiger partial charge in [0.05, 0.1) is 13.0 Å². The van der Waals surface area contributed by atoms with Crippen molar-refractivity contribution in [2.75, 3.05) is 25.1 Å². The number of hydrogen-bond acceptors (Lipinski definition) is 4. The van der Waals surface area contributed by atoms with E-state index in [1.807, 2.05) is 42.5 Å². The highest BCUT2D eigenvalue weighted by Crippen LogP contribution is 2.29. The summed E-state index contributed by atoms with van der Waals surface area (Å²) in [6.45, 7) is 6.06. The van der Waals surface area contributed by atoms with Crippen molar-refractivity contribution in [1.29, 1.82) is 0 Å². The predicted octanol–water partition coefficient (Wildman–Crippen LogP) is 3.18. The highest BCUT2D eigenvalue weighted by atomic mass is 16.5. The van der Waals surface area contributed by atoms with Crippen molar-refractivity contribution in [3.63, 3.8) is 0 Å². The molecule has 0 aromatic heterocycles. The fraction of sp³-hybridized carbons (Fsp3) is 0.316. The van der Waals surface area contributed by atoms with E-state index >= 15 is 0 Å². The number of ether oxygens (including phenoxy) is 1. The number of carbonyl (C=O) groups excluding carboxylic acids is 1. The summed E-state index contributed by atoms with van der Waals surface area (Å²) < 4.78 is 5.23. The molecule has 128 valence electrons. The largest absolute Gasteiger partial charge is 0.497 e. The fourth-order valence-corrected chi connectivity index (χ4v) is 2.85. The monoisotopic (exact) mass is 328 g/mol. The third-order valence-electron chi connectivity index (χ3n) is 4.15. The predicted molar refractivity (Wildman–Crippen MR) is 94.8 cm³/mol. The maximum atomic E-state index is 12.2. The average Bonchev–Trinajstić information content (AvgIpc) is 2.64. The number of methoxy groups -OCH3 is 1. The standard InChI is InChI=1S/C19H24N2O3/c1-4-21(5-2)16-11-9-14(10-12-16)18(19(22)20-23)15-7-6-8-17(13-15)24-3/h6-13,18,23H,4-5H2,1-3H3,(H,20,22). The molecule has 1 amide bonds. The van der Waals surface area contributed by atoms with Crippen molar-refractivity contribution >= 4 is 11.6 Å². The second-order valence-corrected chi connectivity index (χ2v) is 5.45. The zero-order valence-corrected chi connectivity index (χ0v) is 14.3. The van der Waals surface area contributed by atoms with Gasteiger partial charge in [-0.3, -0.25) is 10.0 Å². The number of amides is 1. The third-order valence-corrected chi connectivity index (χ3v) is 4.15. The normalized spacial score (nSPS) is 11.7. The number of rotatable bonds is 7. The highest BCUT2D eigenvalue weighted by molar-refractivity contribution is 5.86. The molecule has 0 radical (unpaired) electrons. The summed E-state index contributed by atoms with van der Waals surface area (Å²) in [5.74, 6) is -0.405. The molecule has 2 aromatic rings. The molecule has 0 heterocycles. The maximum Gasteiger partial charge on any atom is 0.255 e. The van der Waals surface area contributed by atoms with Gasteiger partial charge in [-0.25, -0.2) is 5.48 Å². The summed E-state index contributed by atoms with van der Waals surface area (Å²) in [5.41, 5.74) is 4.45. The summed E-state index contributed by atoms with van der Waals surface area (Å²) in [7, 11) is 1.58. The van der Waals surface area contributed by atoms with E-state index in [1.165, 1.54) is 0 Å². The van der Waals surface area contributed by atoms with Crippen molar-refractivity contribution in [1.82, 2.24) is 5.48 Å². The average molecular weight is 328 g/mol. The van der Waals surface area contributed by atoms with Crippen molar-refractivity contribution in [2.45, 2.75) is 19.8 Å². The van der Waals surface area contributed by atoms with Crippen molar-refractivity contribution in [2.24, 2.45) is 0 Å². The van der Waals surface area contributed by atoms with E-state index in [0.717, 1.165) is 29.9 Å². The van der Waals surface area contributed by atoms with E-state index in [-0.39, 0.29) is 0 Å². The first kappa shape index (κ1) is 17.8. The second-order valence-electron chi connectivity index (χ2n) is 5.45. The van der Waals surface area contributed by atoms with Crippen molar-refractivity contribution in [3.8, 4) is 5.75 Å². The first-order valence-corrected chi connectivity index (χ1v) is 8.07. The number of hydroxylamine groups is 1. The van der Waals surface area contributed by atoms with Crippen molar-refractivity contribution < 1.29 is 14.7 Å². The fourth-order valence-electron chi connectivity index (χ4n) is 2.85. The smallest absolute Gasteiger partial charge is 0.255 e. The molecule has 24 heavy (non-hydrogen) atoms. The van der Waals surface area contributed by atoms with Gasteiger partial charge >= 0.3 is 0 Å². The molecule has 2 rings (SSSR count). The van der Waals surface area contributed by atoms with E-state index in [9.17, 15) is 4.79 Å². The lowest BCUT2D eigenvalue weighted by atomic mass is 9.90. The van der Waals surface area contributed by atoms with Gasteiger partial charge in [0.15, 0.2) is 0 Å². The molecule has 0 spiro atoms. The number of anilines is 1. The van der Waals surface area contributed by atoms with Gasteiger partial charge in [-0.05, 0) is 49.2 Å². The van der Waals surface area contributed by atoms with E-state index in [0.29, 0.717) is 5.75 Å². The number of nitrogens with one attached hydrogen (secondary N) is 1. The van der Waals surface area contributed by atoms with Gasteiger partial charge in [0, 0.05) is 18.8 Å². The molecular weight excluding hydrogens is 304 g/mol. The van der Waals surface area contributed by atoms with Gasteiger partial charge in [0.1, 0.15) is 5.75 Å². The van der Waals surface area contributed by atoms with Gasteiger partial charge < -0.3 is 9.64 Å². The van der Waals surface area contributed by atoms with E-state index in [1.54, 1.807) is 18.7 Å². The highest BCUT2D eigenvalue weighted by Gasteiger charge is 2.23. The zero-order chi connectivity index (χ0) is 17.5. The number of carbonyl (C=O) groups is 1. The van der Waals surface area contributed by atoms with Crippen LogP contribution in [0.1, 0.15) is 30.9 Å². The van der Waals surface area contributed by atoms with Crippen LogP contribution in [0.15, 0.2) is 48.5 Å². The maximum absolute atomic E-state index is 12.2. The Morgan fingerprint density at radius 1 is 1.12 bits per heavy atom. The molecule has 1 atom stereocenters. The lowest BCUT2D eigenvalue weighted by molar-refractivity contribution is -0.129. The van der Waals surface area contributed by atoms with Crippen LogP contribution in [0.2, 0.25) is 0 Å². The van der Waals surface area contributed by atoms with Crippen LogP contribution in [-0.4, -0.2) is 31.3 Å². The van der Waals surface area contributed by atoms with E-state index in [4.69, 9.17) is 9.94 Å².